The third-order valence-electron chi connectivity index (χ3n) is 5.28. The molecule has 0 unspecified atom stereocenters. The van der Waals surface area contributed by atoms with Gasteiger partial charge in [-0.15, -0.1) is 0 Å². The van der Waals surface area contributed by atoms with Crippen LogP contribution >= 0.6 is 0 Å². The van der Waals surface area contributed by atoms with Gasteiger partial charge in [0.25, 0.3) is 5.91 Å². The van der Waals surface area contributed by atoms with Gasteiger partial charge >= 0.3 is 0 Å². The minimum absolute atomic E-state index is 0.0926. The second-order valence-electron chi connectivity index (χ2n) is 6.86. The third kappa shape index (κ3) is 4.15. The molecule has 2 heterocycles. The molecule has 1 aromatic carbocycles. The monoisotopic (exact) mass is 370 g/mol. The fraction of sp³-hybridized carbons (Fsp3) is 0.429. The summed E-state index contributed by atoms with van der Waals surface area (Å²) in [6, 6.07) is 7.26. The summed E-state index contributed by atoms with van der Waals surface area (Å²) in [4.78, 5) is 28.9. The lowest BCUT2D eigenvalue weighted by molar-refractivity contribution is -0.130. The number of furan rings is 1. The zero-order valence-corrected chi connectivity index (χ0v) is 16.2. The van der Waals surface area contributed by atoms with Crippen molar-refractivity contribution in [2.75, 3.05) is 33.3 Å². The van der Waals surface area contributed by atoms with Crippen molar-refractivity contribution in [3.63, 3.8) is 0 Å². The number of nitrogens with zero attached hydrogens (tertiary/aromatic N) is 2. The van der Waals surface area contributed by atoms with E-state index in [1.165, 1.54) is 6.26 Å². The molecule has 6 nitrogen and oxygen atoms in total. The van der Waals surface area contributed by atoms with E-state index in [2.05, 4.69) is 0 Å². The van der Waals surface area contributed by atoms with Gasteiger partial charge in [-0.25, -0.2) is 0 Å². The van der Waals surface area contributed by atoms with Crippen molar-refractivity contribution >= 4 is 11.8 Å². The molecule has 1 fully saturated rings. The molecule has 144 valence electrons. The number of hydrogen-bond donors (Lipinski definition) is 0. The first-order valence-electron chi connectivity index (χ1n) is 9.25. The summed E-state index contributed by atoms with van der Waals surface area (Å²) < 4.78 is 10.5. The summed E-state index contributed by atoms with van der Waals surface area (Å²) in [5.74, 6) is 1.16. The highest BCUT2D eigenvalue weighted by Gasteiger charge is 2.24. The number of benzene rings is 1. The maximum absolute atomic E-state index is 12.8. The van der Waals surface area contributed by atoms with Crippen molar-refractivity contribution in [1.82, 2.24) is 9.80 Å². The van der Waals surface area contributed by atoms with Gasteiger partial charge < -0.3 is 19.0 Å². The molecule has 0 aliphatic carbocycles. The van der Waals surface area contributed by atoms with Gasteiger partial charge in [0.05, 0.1) is 19.8 Å². The smallest absolute Gasteiger partial charge is 0.289 e. The van der Waals surface area contributed by atoms with E-state index in [4.69, 9.17) is 9.15 Å². The highest BCUT2D eigenvalue weighted by molar-refractivity contribution is 5.91. The van der Waals surface area contributed by atoms with Gasteiger partial charge in [-0.3, -0.25) is 9.59 Å². The first kappa shape index (κ1) is 19.0. The standard InChI is InChI=1S/C21H26N2O4/c1-15-16(2)18(26-3)8-7-17(15)14-20(24)22-9-5-10-23(12-11-22)21(25)19-6-4-13-27-19/h4,6-8,13H,5,9-12,14H2,1-3H3. The number of carbonyl (C=O) groups excluding carboxylic acids is 2. The van der Waals surface area contributed by atoms with Crippen molar-refractivity contribution in [2.45, 2.75) is 26.7 Å². The Labute approximate surface area is 159 Å². The molecule has 1 aliphatic heterocycles. The lowest BCUT2D eigenvalue weighted by Gasteiger charge is -2.22. The quantitative estimate of drug-likeness (QED) is 0.830. The molecule has 0 atom stereocenters. The SMILES string of the molecule is COc1ccc(CC(=O)N2CCCN(C(=O)c3ccco3)CC2)c(C)c1C. The molecule has 6 heteroatoms. The molecular formula is C21H26N2O4. The summed E-state index contributed by atoms with van der Waals surface area (Å²) in [5, 5.41) is 0. The minimum Gasteiger partial charge on any atom is -0.496 e. The first-order valence-corrected chi connectivity index (χ1v) is 9.25. The van der Waals surface area contributed by atoms with Crippen molar-refractivity contribution in [1.29, 1.82) is 0 Å². The Kier molecular flexibility index (Phi) is 5.84. The van der Waals surface area contributed by atoms with Crippen LogP contribution in [0.4, 0.5) is 0 Å². The summed E-state index contributed by atoms with van der Waals surface area (Å²) in [7, 11) is 1.65. The Morgan fingerprint density at radius 2 is 1.78 bits per heavy atom. The number of carbonyl (C=O) groups is 2. The Bertz CT molecular complexity index is 814. The van der Waals surface area contributed by atoms with Crippen LogP contribution in [0.2, 0.25) is 0 Å². The van der Waals surface area contributed by atoms with Crippen molar-refractivity contribution < 1.29 is 18.7 Å². The molecule has 0 bridgehead atoms. The zero-order valence-electron chi connectivity index (χ0n) is 16.2. The molecular weight excluding hydrogens is 344 g/mol. The van der Waals surface area contributed by atoms with Crippen LogP contribution in [0.15, 0.2) is 34.9 Å². The highest BCUT2D eigenvalue weighted by Crippen LogP contribution is 2.24. The molecule has 0 N–H and O–H groups in total. The van der Waals surface area contributed by atoms with E-state index in [0.717, 1.165) is 28.9 Å². The van der Waals surface area contributed by atoms with Gasteiger partial charge in [0.1, 0.15) is 5.75 Å². The van der Waals surface area contributed by atoms with E-state index in [-0.39, 0.29) is 11.8 Å². The fourth-order valence-electron chi connectivity index (χ4n) is 3.47. The largest absolute Gasteiger partial charge is 0.496 e. The van der Waals surface area contributed by atoms with Crippen LogP contribution in [0.1, 0.15) is 33.7 Å². The predicted molar refractivity (Wildman–Crippen MR) is 102 cm³/mol. The Morgan fingerprint density at radius 3 is 2.48 bits per heavy atom. The molecule has 1 aliphatic rings. The molecule has 1 saturated heterocycles. The van der Waals surface area contributed by atoms with Crippen LogP contribution < -0.4 is 4.74 Å². The number of hydrogen-bond acceptors (Lipinski definition) is 4. The van der Waals surface area contributed by atoms with Crippen molar-refractivity contribution in [3.05, 3.63) is 53.0 Å². The molecule has 0 spiro atoms. The van der Waals surface area contributed by atoms with Gasteiger partial charge in [0, 0.05) is 26.2 Å². The molecule has 27 heavy (non-hydrogen) atoms. The second-order valence-corrected chi connectivity index (χ2v) is 6.86. The topological polar surface area (TPSA) is 63.0 Å². The van der Waals surface area contributed by atoms with Crippen LogP contribution in [0.3, 0.4) is 0 Å². The van der Waals surface area contributed by atoms with Gasteiger partial charge in [0.2, 0.25) is 5.91 Å². The lowest BCUT2D eigenvalue weighted by atomic mass is 9.99. The third-order valence-corrected chi connectivity index (χ3v) is 5.28. The predicted octanol–water partition coefficient (Wildman–Crippen LogP) is 2.82. The van der Waals surface area contributed by atoms with Crippen LogP contribution in [-0.2, 0) is 11.2 Å². The normalized spacial score (nSPS) is 14.8. The van der Waals surface area contributed by atoms with Gasteiger partial charge in [-0.2, -0.15) is 0 Å². The fourth-order valence-corrected chi connectivity index (χ4v) is 3.47. The molecule has 3 rings (SSSR count). The van der Waals surface area contributed by atoms with E-state index in [1.54, 1.807) is 24.1 Å². The van der Waals surface area contributed by atoms with Gasteiger partial charge in [-0.1, -0.05) is 6.07 Å². The van der Waals surface area contributed by atoms with Crippen LogP contribution in [0.25, 0.3) is 0 Å². The van der Waals surface area contributed by atoms with Crippen LogP contribution in [-0.4, -0.2) is 54.9 Å². The number of rotatable bonds is 4. The molecule has 2 amide bonds. The van der Waals surface area contributed by atoms with Crippen molar-refractivity contribution in [2.24, 2.45) is 0 Å². The number of ether oxygens (including phenoxy) is 1. The van der Waals surface area contributed by atoms with E-state index in [0.29, 0.717) is 38.4 Å². The van der Waals surface area contributed by atoms with E-state index >= 15 is 0 Å². The molecule has 1 aromatic heterocycles. The average molecular weight is 370 g/mol. The minimum atomic E-state index is -0.115. The first-order chi connectivity index (χ1) is 13.0. The number of amides is 2. The average Bonchev–Trinajstić information content (AvgIpc) is 3.09. The maximum atomic E-state index is 12.8. The van der Waals surface area contributed by atoms with Crippen LogP contribution in [0.5, 0.6) is 5.75 Å². The van der Waals surface area contributed by atoms with Crippen LogP contribution in [0, 0.1) is 13.8 Å². The molecule has 2 aromatic rings. The van der Waals surface area contributed by atoms with Crippen molar-refractivity contribution in [3.8, 4) is 5.75 Å². The number of methoxy groups -OCH3 is 1. The maximum Gasteiger partial charge on any atom is 0.289 e. The van der Waals surface area contributed by atoms with E-state index in [9.17, 15) is 9.59 Å². The summed E-state index contributed by atoms with van der Waals surface area (Å²) >= 11 is 0. The Balaban J connectivity index is 1.63. The lowest BCUT2D eigenvalue weighted by Crippen LogP contribution is -2.38. The van der Waals surface area contributed by atoms with E-state index in [1.807, 2.05) is 30.9 Å². The summed E-state index contributed by atoms with van der Waals surface area (Å²) in [5.41, 5.74) is 3.17. The molecule has 0 saturated carbocycles. The molecule has 0 radical (unpaired) electrons. The second kappa shape index (κ2) is 8.29. The van der Waals surface area contributed by atoms with Gasteiger partial charge in [-0.05, 0) is 55.2 Å². The van der Waals surface area contributed by atoms with E-state index < -0.39 is 0 Å². The Hall–Kier alpha value is -2.76. The summed E-state index contributed by atoms with van der Waals surface area (Å²) in [6.07, 6.45) is 2.63. The Morgan fingerprint density at radius 1 is 1.04 bits per heavy atom. The summed E-state index contributed by atoms with van der Waals surface area (Å²) in [6.45, 7) is 6.38. The van der Waals surface area contributed by atoms with Gasteiger partial charge in [0.15, 0.2) is 5.76 Å². The zero-order chi connectivity index (χ0) is 19.4. The highest BCUT2D eigenvalue weighted by atomic mass is 16.5.